The van der Waals surface area contributed by atoms with E-state index in [-0.39, 0.29) is 18.4 Å². The molecule has 0 radical (unpaired) electrons. The highest BCUT2D eigenvalue weighted by atomic mass is 16.5. The Balaban J connectivity index is 1.86. The molecule has 0 spiro atoms. The molecule has 2 amide bonds. The number of rotatable bonds is 3. The van der Waals surface area contributed by atoms with Crippen LogP contribution in [0.5, 0.6) is 0 Å². The normalized spacial score (nSPS) is 21.1. The van der Waals surface area contributed by atoms with Crippen LogP contribution < -0.4 is 5.32 Å². The van der Waals surface area contributed by atoms with Crippen molar-refractivity contribution < 1.29 is 14.3 Å². The predicted octanol–water partition coefficient (Wildman–Crippen LogP) is 2.22. The molecule has 2 aromatic carbocycles. The first-order valence-electron chi connectivity index (χ1n) is 7.45. The van der Waals surface area contributed by atoms with Crippen LogP contribution in [0.25, 0.3) is 0 Å². The third kappa shape index (κ3) is 3.24. The second kappa shape index (κ2) is 6.62. The Morgan fingerprint density at radius 3 is 2.35 bits per heavy atom. The van der Waals surface area contributed by atoms with E-state index in [0.717, 1.165) is 5.56 Å². The molecule has 2 aromatic rings. The van der Waals surface area contributed by atoms with Crippen molar-refractivity contribution in [2.45, 2.75) is 12.1 Å². The summed E-state index contributed by atoms with van der Waals surface area (Å²) in [5, 5.41) is 2.84. The maximum absolute atomic E-state index is 12.6. The van der Waals surface area contributed by atoms with Gasteiger partial charge in [0.15, 0.2) is 6.10 Å². The zero-order valence-electron chi connectivity index (χ0n) is 12.8. The molecule has 2 atom stereocenters. The fraction of sp³-hybridized carbons (Fsp3) is 0.222. The molecule has 0 unspecified atom stereocenters. The minimum absolute atomic E-state index is 0.0906. The van der Waals surface area contributed by atoms with Crippen LogP contribution in [0.3, 0.4) is 0 Å². The van der Waals surface area contributed by atoms with E-state index in [2.05, 4.69) is 5.32 Å². The van der Waals surface area contributed by atoms with Crippen molar-refractivity contribution in [3.8, 4) is 0 Å². The van der Waals surface area contributed by atoms with E-state index in [1.165, 1.54) is 0 Å². The van der Waals surface area contributed by atoms with Gasteiger partial charge in [-0.3, -0.25) is 9.59 Å². The summed E-state index contributed by atoms with van der Waals surface area (Å²) >= 11 is 0. The number of para-hydroxylation sites is 1. The lowest BCUT2D eigenvalue weighted by Gasteiger charge is -2.38. The van der Waals surface area contributed by atoms with Gasteiger partial charge in [-0.25, -0.2) is 0 Å². The fourth-order valence-corrected chi connectivity index (χ4v) is 2.71. The largest absolute Gasteiger partial charge is 0.356 e. The van der Waals surface area contributed by atoms with E-state index in [1.54, 1.807) is 11.9 Å². The van der Waals surface area contributed by atoms with Gasteiger partial charge in [-0.05, 0) is 17.7 Å². The van der Waals surface area contributed by atoms with Crippen molar-refractivity contribution >= 4 is 17.5 Å². The molecule has 1 saturated heterocycles. The van der Waals surface area contributed by atoms with Gasteiger partial charge in [0.25, 0.3) is 5.91 Å². The minimum atomic E-state index is -0.750. The van der Waals surface area contributed by atoms with Gasteiger partial charge in [0.05, 0.1) is 6.04 Å². The maximum Gasteiger partial charge on any atom is 0.256 e. The van der Waals surface area contributed by atoms with Crippen molar-refractivity contribution in [1.29, 1.82) is 0 Å². The summed E-state index contributed by atoms with van der Waals surface area (Å²) in [6.45, 7) is -0.0906. The average molecular weight is 310 g/mol. The first kappa shape index (κ1) is 15.2. The highest BCUT2D eigenvalue weighted by Gasteiger charge is 2.39. The van der Waals surface area contributed by atoms with Crippen LogP contribution in [0.15, 0.2) is 60.7 Å². The quantitative estimate of drug-likeness (QED) is 0.946. The van der Waals surface area contributed by atoms with Crippen molar-refractivity contribution in [3.63, 3.8) is 0 Å². The van der Waals surface area contributed by atoms with Gasteiger partial charge in [0.1, 0.15) is 6.61 Å². The Morgan fingerprint density at radius 1 is 1.09 bits per heavy atom. The van der Waals surface area contributed by atoms with Gasteiger partial charge in [0.2, 0.25) is 5.91 Å². The Hall–Kier alpha value is -2.66. The van der Waals surface area contributed by atoms with Crippen LogP contribution in [0.1, 0.15) is 11.6 Å². The Morgan fingerprint density at radius 2 is 1.70 bits per heavy atom. The van der Waals surface area contributed by atoms with Gasteiger partial charge in [-0.1, -0.05) is 48.5 Å². The van der Waals surface area contributed by atoms with Crippen molar-refractivity contribution in [2.75, 3.05) is 19.0 Å². The second-order valence-corrected chi connectivity index (χ2v) is 5.45. The molecule has 23 heavy (non-hydrogen) atoms. The monoisotopic (exact) mass is 310 g/mol. The smallest absolute Gasteiger partial charge is 0.256 e. The number of nitrogens with one attached hydrogen (secondary N) is 1. The molecule has 0 aliphatic carbocycles. The van der Waals surface area contributed by atoms with E-state index >= 15 is 0 Å². The van der Waals surface area contributed by atoms with Crippen LogP contribution >= 0.6 is 0 Å². The van der Waals surface area contributed by atoms with Gasteiger partial charge >= 0.3 is 0 Å². The van der Waals surface area contributed by atoms with E-state index in [0.29, 0.717) is 5.69 Å². The zero-order chi connectivity index (χ0) is 16.2. The van der Waals surface area contributed by atoms with Crippen molar-refractivity contribution in [3.05, 3.63) is 66.2 Å². The summed E-state index contributed by atoms with van der Waals surface area (Å²) in [4.78, 5) is 26.2. The minimum Gasteiger partial charge on any atom is -0.356 e. The number of hydrogen-bond acceptors (Lipinski definition) is 3. The lowest BCUT2D eigenvalue weighted by atomic mass is 9.97. The fourth-order valence-electron chi connectivity index (χ4n) is 2.71. The number of ether oxygens (including phenoxy) is 1. The lowest BCUT2D eigenvalue weighted by molar-refractivity contribution is -0.160. The summed E-state index contributed by atoms with van der Waals surface area (Å²) in [6, 6.07) is 18.2. The molecule has 0 aromatic heterocycles. The zero-order valence-corrected chi connectivity index (χ0v) is 12.8. The van der Waals surface area contributed by atoms with Crippen LogP contribution in [0.2, 0.25) is 0 Å². The summed E-state index contributed by atoms with van der Waals surface area (Å²) in [6.07, 6.45) is -0.750. The van der Waals surface area contributed by atoms with Crippen molar-refractivity contribution in [1.82, 2.24) is 4.90 Å². The van der Waals surface area contributed by atoms with Crippen molar-refractivity contribution in [2.24, 2.45) is 0 Å². The number of anilines is 1. The number of carbonyl (C=O) groups is 2. The summed E-state index contributed by atoms with van der Waals surface area (Å²) < 4.78 is 5.56. The molecule has 1 N–H and O–H groups in total. The molecule has 3 rings (SSSR count). The van der Waals surface area contributed by atoms with Crippen LogP contribution in [0, 0.1) is 0 Å². The van der Waals surface area contributed by atoms with Gasteiger partial charge in [-0.2, -0.15) is 0 Å². The third-order valence-corrected chi connectivity index (χ3v) is 3.92. The Kier molecular flexibility index (Phi) is 4.39. The molecule has 0 bridgehead atoms. The number of hydrogen-bond donors (Lipinski definition) is 1. The molecule has 0 saturated carbocycles. The molecule has 1 aliphatic heterocycles. The van der Waals surface area contributed by atoms with Crippen LogP contribution in [-0.2, 0) is 14.3 Å². The average Bonchev–Trinajstić information content (AvgIpc) is 2.58. The molecular formula is C18H18N2O3. The summed E-state index contributed by atoms with van der Waals surface area (Å²) in [7, 11) is 1.70. The first-order valence-corrected chi connectivity index (χ1v) is 7.45. The lowest BCUT2D eigenvalue weighted by Crippen LogP contribution is -2.51. The van der Waals surface area contributed by atoms with E-state index in [1.807, 2.05) is 60.7 Å². The summed E-state index contributed by atoms with van der Waals surface area (Å²) in [5.74, 6) is -0.396. The molecule has 118 valence electrons. The Labute approximate surface area is 134 Å². The molecule has 1 fully saturated rings. The molecule has 1 aliphatic rings. The van der Waals surface area contributed by atoms with Crippen LogP contribution in [-0.4, -0.2) is 36.5 Å². The van der Waals surface area contributed by atoms with Gasteiger partial charge in [0, 0.05) is 12.7 Å². The Bertz CT molecular complexity index is 688. The highest BCUT2D eigenvalue weighted by molar-refractivity contribution is 5.96. The highest BCUT2D eigenvalue weighted by Crippen LogP contribution is 2.29. The molecule has 5 nitrogen and oxygen atoms in total. The van der Waals surface area contributed by atoms with E-state index in [4.69, 9.17) is 4.74 Å². The second-order valence-electron chi connectivity index (χ2n) is 5.45. The van der Waals surface area contributed by atoms with Gasteiger partial charge < -0.3 is 15.0 Å². The van der Waals surface area contributed by atoms with E-state index in [9.17, 15) is 9.59 Å². The van der Waals surface area contributed by atoms with Gasteiger partial charge in [-0.15, -0.1) is 0 Å². The number of morpholine rings is 1. The summed E-state index contributed by atoms with van der Waals surface area (Å²) in [5.41, 5.74) is 1.57. The standard InChI is InChI=1S/C18H18N2O3/c1-20-15(21)12-23-17(16(20)13-8-4-2-5-9-13)18(22)19-14-10-6-3-7-11-14/h2-11,16-17H,12H2,1H3,(H,19,22)/t16-,17+/m0/s1. The predicted molar refractivity (Wildman–Crippen MR) is 86.8 cm³/mol. The topological polar surface area (TPSA) is 58.6 Å². The number of carbonyl (C=O) groups excluding carboxylic acids is 2. The van der Waals surface area contributed by atoms with Crippen LogP contribution in [0.4, 0.5) is 5.69 Å². The number of benzene rings is 2. The number of likely N-dealkylation sites (N-methyl/N-ethyl adjacent to an activating group) is 1. The maximum atomic E-state index is 12.6. The first-order chi connectivity index (χ1) is 11.2. The number of amides is 2. The number of nitrogens with zero attached hydrogens (tertiary/aromatic N) is 1. The molecule has 5 heteroatoms. The molecule has 1 heterocycles. The molecular weight excluding hydrogens is 292 g/mol. The van der Waals surface area contributed by atoms with E-state index < -0.39 is 12.1 Å². The SMILES string of the molecule is CN1C(=O)CO[C@@H](C(=O)Nc2ccccc2)[C@@H]1c1ccccc1. The third-order valence-electron chi connectivity index (χ3n) is 3.92.